The van der Waals surface area contributed by atoms with Crippen LogP contribution >= 0.6 is 0 Å². The summed E-state index contributed by atoms with van der Waals surface area (Å²) in [5.74, 6) is -1.49. The topological polar surface area (TPSA) is 93.7 Å². The molecule has 3 rings (SSSR count). The number of hydrogen-bond donors (Lipinski definition) is 2. The van der Waals surface area contributed by atoms with Crippen molar-refractivity contribution < 1.29 is 23.9 Å². The van der Waals surface area contributed by atoms with Gasteiger partial charge in [-0.15, -0.1) is 0 Å². The van der Waals surface area contributed by atoms with Gasteiger partial charge in [-0.3, -0.25) is 9.59 Å². The number of benzene rings is 2. The number of amides is 2. The molecular weight excluding hydrogens is 336 g/mol. The highest BCUT2D eigenvalue weighted by Crippen LogP contribution is 2.35. The number of rotatable bonds is 3. The lowest BCUT2D eigenvalue weighted by molar-refractivity contribution is -0.143. The Balaban J connectivity index is 1.90. The fourth-order valence-corrected chi connectivity index (χ4v) is 2.61. The van der Waals surface area contributed by atoms with E-state index < -0.39 is 23.4 Å². The van der Waals surface area contributed by atoms with E-state index in [0.717, 1.165) is 5.56 Å². The lowest BCUT2D eigenvalue weighted by Gasteiger charge is -2.33. The molecule has 1 unspecified atom stereocenters. The van der Waals surface area contributed by atoms with E-state index in [4.69, 9.17) is 9.47 Å². The largest absolute Gasteiger partial charge is 0.466 e. The molecule has 0 aromatic heterocycles. The summed E-state index contributed by atoms with van der Waals surface area (Å²) in [7, 11) is 1.25. The molecule has 1 aliphatic rings. The molecule has 134 valence electrons. The number of aryl methyl sites for hydroxylation is 1. The van der Waals surface area contributed by atoms with Crippen LogP contribution in [-0.4, -0.2) is 30.5 Å². The SMILES string of the molecule is COC(=O)c1ccccc1NC(=O)C1(C)Oc2ccc(C)cc2NC1=O. The van der Waals surface area contributed by atoms with E-state index in [2.05, 4.69) is 10.6 Å². The second-order valence-electron chi connectivity index (χ2n) is 6.08. The van der Waals surface area contributed by atoms with Gasteiger partial charge in [-0.05, 0) is 43.7 Å². The minimum atomic E-state index is -1.79. The first-order valence-electron chi connectivity index (χ1n) is 7.95. The monoisotopic (exact) mass is 354 g/mol. The van der Waals surface area contributed by atoms with E-state index in [9.17, 15) is 14.4 Å². The third-order valence-corrected chi connectivity index (χ3v) is 4.14. The van der Waals surface area contributed by atoms with Crippen molar-refractivity contribution in [3.63, 3.8) is 0 Å². The average Bonchev–Trinajstić information content (AvgIpc) is 2.62. The first-order chi connectivity index (χ1) is 12.3. The third kappa shape index (κ3) is 2.99. The molecule has 0 spiro atoms. The van der Waals surface area contributed by atoms with E-state index >= 15 is 0 Å². The first-order valence-corrected chi connectivity index (χ1v) is 7.95. The molecule has 1 aliphatic heterocycles. The minimum Gasteiger partial charge on any atom is -0.466 e. The lowest BCUT2D eigenvalue weighted by atomic mass is 10.0. The standard InChI is InChI=1S/C19H18N2O5/c1-11-8-9-15-14(10-11)21-18(24)19(2,26-15)17(23)20-13-7-5-4-6-12(13)16(22)25-3/h4-10H,1-3H3,(H,20,23)(H,21,24). The fraction of sp³-hybridized carbons (Fsp3) is 0.211. The molecule has 1 heterocycles. The Bertz CT molecular complexity index is 909. The van der Waals surface area contributed by atoms with Crippen molar-refractivity contribution in [3.05, 3.63) is 53.6 Å². The Hall–Kier alpha value is -3.35. The third-order valence-electron chi connectivity index (χ3n) is 4.14. The Kier molecular flexibility index (Phi) is 4.38. The van der Waals surface area contributed by atoms with Crippen molar-refractivity contribution in [2.75, 3.05) is 17.7 Å². The van der Waals surface area contributed by atoms with Gasteiger partial charge in [0.25, 0.3) is 17.4 Å². The number of hydrogen-bond acceptors (Lipinski definition) is 5. The number of nitrogens with one attached hydrogen (secondary N) is 2. The molecular formula is C19H18N2O5. The molecule has 0 bridgehead atoms. The summed E-state index contributed by atoms with van der Waals surface area (Å²) in [6, 6.07) is 11.6. The summed E-state index contributed by atoms with van der Waals surface area (Å²) in [5, 5.41) is 5.27. The predicted octanol–water partition coefficient (Wildman–Crippen LogP) is 2.51. The van der Waals surface area contributed by atoms with Gasteiger partial charge in [0.2, 0.25) is 0 Å². The van der Waals surface area contributed by atoms with E-state index in [1.165, 1.54) is 20.1 Å². The van der Waals surface area contributed by atoms with Crippen LogP contribution in [0.2, 0.25) is 0 Å². The summed E-state index contributed by atoms with van der Waals surface area (Å²) in [6.07, 6.45) is 0. The molecule has 2 aromatic carbocycles. The van der Waals surface area contributed by atoms with Gasteiger partial charge in [0, 0.05) is 0 Å². The van der Waals surface area contributed by atoms with Crippen LogP contribution in [0.15, 0.2) is 42.5 Å². The molecule has 26 heavy (non-hydrogen) atoms. The minimum absolute atomic E-state index is 0.180. The van der Waals surface area contributed by atoms with Gasteiger partial charge in [0.15, 0.2) is 0 Å². The summed E-state index contributed by atoms with van der Waals surface area (Å²) in [6.45, 7) is 3.26. The van der Waals surface area contributed by atoms with Crippen molar-refractivity contribution in [2.45, 2.75) is 19.4 Å². The summed E-state index contributed by atoms with van der Waals surface area (Å²) < 4.78 is 10.4. The highest BCUT2D eigenvalue weighted by atomic mass is 16.5. The van der Waals surface area contributed by atoms with E-state index in [1.807, 2.05) is 13.0 Å². The normalized spacial score (nSPS) is 18.2. The van der Waals surface area contributed by atoms with Gasteiger partial charge < -0.3 is 20.1 Å². The molecule has 0 radical (unpaired) electrons. The van der Waals surface area contributed by atoms with Crippen LogP contribution in [0.5, 0.6) is 5.75 Å². The zero-order chi connectivity index (χ0) is 18.9. The Morgan fingerprint density at radius 2 is 1.92 bits per heavy atom. The predicted molar refractivity (Wildman–Crippen MR) is 95.3 cm³/mol. The number of anilines is 2. The van der Waals surface area contributed by atoms with Crippen LogP contribution in [0.1, 0.15) is 22.8 Å². The van der Waals surface area contributed by atoms with Crippen molar-refractivity contribution in [2.24, 2.45) is 0 Å². The van der Waals surface area contributed by atoms with E-state index in [1.54, 1.807) is 30.3 Å². The fourth-order valence-electron chi connectivity index (χ4n) is 2.61. The number of ether oxygens (including phenoxy) is 2. The number of methoxy groups -OCH3 is 1. The van der Waals surface area contributed by atoms with Gasteiger partial charge in [-0.1, -0.05) is 18.2 Å². The Morgan fingerprint density at radius 3 is 2.65 bits per heavy atom. The second kappa shape index (κ2) is 6.51. The molecule has 2 amide bonds. The van der Waals surface area contributed by atoms with E-state index in [-0.39, 0.29) is 11.3 Å². The van der Waals surface area contributed by atoms with E-state index in [0.29, 0.717) is 11.4 Å². The Labute approximate surface area is 150 Å². The van der Waals surface area contributed by atoms with Crippen molar-refractivity contribution in [3.8, 4) is 5.75 Å². The maximum absolute atomic E-state index is 12.8. The highest BCUT2D eigenvalue weighted by molar-refractivity contribution is 6.19. The molecule has 0 saturated carbocycles. The van der Waals surface area contributed by atoms with Crippen molar-refractivity contribution >= 4 is 29.2 Å². The lowest BCUT2D eigenvalue weighted by Crippen LogP contribution is -2.56. The molecule has 0 fully saturated rings. The Morgan fingerprint density at radius 1 is 1.19 bits per heavy atom. The molecule has 0 aliphatic carbocycles. The molecule has 0 saturated heterocycles. The quantitative estimate of drug-likeness (QED) is 0.652. The zero-order valence-electron chi connectivity index (χ0n) is 14.6. The van der Waals surface area contributed by atoms with Crippen molar-refractivity contribution in [1.82, 2.24) is 0 Å². The van der Waals surface area contributed by atoms with Gasteiger partial charge >= 0.3 is 5.97 Å². The van der Waals surface area contributed by atoms with Gasteiger partial charge in [0.05, 0.1) is 24.0 Å². The molecule has 7 nitrogen and oxygen atoms in total. The summed E-state index contributed by atoms with van der Waals surface area (Å²) in [5.41, 5.74) is 0.0877. The van der Waals surface area contributed by atoms with Gasteiger partial charge in [-0.25, -0.2) is 4.79 Å². The van der Waals surface area contributed by atoms with Gasteiger partial charge in [-0.2, -0.15) is 0 Å². The summed E-state index contributed by atoms with van der Waals surface area (Å²) >= 11 is 0. The molecule has 1 atom stereocenters. The summed E-state index contributed by atoms with van der Waals surface area (Å²) in [4.78, 5) is 37.1. The van der Waals surface area contributed by atoms with Crippen LogP contribution in [-0.2, 0) is 14.3 Å². The maximum Gasteiger partial charge on any atom is 0.339 e. The number of carbonyl (C=O) groups is 3. The number of fused-ring (bicyclic) bond motifs is 1. The maximum atomic E-state index is 12.8. The van der Waals surface area contributed by atoms with Gasteiger partial charge in [0.1, 0.15) is 5.75 Å². The molecule has 7 heteroatoms. The highest BCUT2D eigenvalue weighted by Gasteiger charge is 2.47. The van der Waals surface area contributed by atoms with Crippen LogP contribution in [0, 0.1) is 6.92 Å². The van der Waals surface area contributed by atoms with Crippen molar-refractivity contribution in [1.29, 1.82) is 0 Å². The molecule has 2 N–H and O–H groups in total. The first kappa shape index (κ1) is 17.5. The number of esters is 1. The molecule has 2 aromatic rings. The van der Waals surface area contributed by atoms with Crippen LogP contribution in [0.25, 0.3) is 0 Å². The smallest absolute Gasteiger partial charge is 0.339 e. The second-order valence-corrected chi connectivity index (χ2v) is 6.08. The number of para-hydroxylation sites is 1. The zero-order valence-corrected chi connectivity index (χ0v) is 14.6. The average molecular weight is 354 g/mol. The number of carbonyl (C=O) groups excluding carboxylic acids is 3. The van der Waals surface area contributed by atoms with Crippen LogP contribution in [0.3, 0.4) is 0 Å². The van der Waals surface area contributed by atoms with Crippen LogP contribution < -0.4 is 15.4 Å². The van der Waals surface area contributed by atoms with Crippen LogP contribution in [0.4, 0.5) is 11.4 Å².